The average molecular weight is 434 g/mol. The van der Waals surface area contributed by atoms with Gasteiger partial charge in [-0.05, 0) is 58.7 Å². The van der Waals surface area contributed by atoms with Crippen molar-refractivity contribution in [2.45, 2.75) is 6.92 Å². The maximum absolute atomic E-state index is 11.9. The van der Waals surface area contributed by atoms with Crippen LogP contribution < -0.4 is 10.1 Å². The van der Waals surface area contributed by atoms with Gasteiger partial charge >= 0.3 is 0 Å². The van der Waals surface area contributed by atoms with Crippen LogP contribution in [0.4, 0.5) is 5.69 Å². The molecule has 0 atom stereocenters. The van der Waals surface area contributed by atoms with Crippen LogP contribution in [0.2, 0.25) is 5.02 Å². The van der Waals surface area contributed by atoms with Gasteiger partial charge in [-0.15, -0.1) is 0 Å². The Hall–Kier alpha value is -1.04. The molecule has 2 aromatic carbocycles. The molecule has 0 aromatic heterocycles. The first kappa shape index (κ1) is 16.3. The Morgan fingerprint density at radius 3 is 2.76 bits per heavy atom. The van der Waals surface area contributed by atoms with Crippen LogP contribution in [0, 0.1) is 6.92 Å². The van der Waals surface area contributed by atoms with Gasteiger partial charge in [-0.3, -0.25) is 4.79 Å². The molecule has 0 unspecified atom stereocenters. The molecule has 0 bridgehead atoms. The fourth-order valence-corrected chi connectivity index (χ4v) is 3.00. The van der Waals surface area contributed by atoms with Gasteiger partial charge in [0.05, 0.1) is 4.47 Å². The monoisotopic (exact) mass is 431 g/mol. The topological polar surface area (TPSA) is 38.3 Å². The Morgan fingerprint density at radius 1 is 1.29 bits per heavy atom. The number of anilines is 1. The zero-order valence-electron chi connectivity index (χ0n) is 11.1. The zero-order valence-corrected chi connectivity index (χ0v) is 15.0. The van der Waals surface area contributed by atoms with Crippen molar-refractivity contribution in [3.05, 3.63) is 55.9 Å². The van der Waals surface area contributed by atoms with Crippen LogP contribution in [-0.2, 0) is 4.79 Å². The largest absolute Gasteiger partial charge is 0.483 e. The average Bonchev–Trinajstić information content (AvgIpc) is 2.43. The molecule has 0 aliphatic heterocycles. The van der Waals surface area contributed by atoms with E-state index < -0.39 is 0 Å². The first-order valence-electron chi connectivity index (χ1n) is 6.10. The Bertz CT molecular complexity index is 677. The van der Waals surface area contributed by atoms with E-state index in [1.165, 1.54) is 0 Å². The lowest BCUT2D eigenvalue weighted by Crippen LogP contribution is -2.20. The van der Waals surface area contributed by atoms with Crippen LogP contribution in [0.15, 0.2) is 45.3 Å². The molecular formula is C15H12Br2ClNO2. The Labute approximate surface area is 144 Å². The van der Waals surface area contributed by atoms with Crippen molar-refractivity contribution < 1.29 is 9.53 Å². The van der Waals surface area contributed by atoms with Crippen LogP contribution in [-0.4, -0.2) is 12.5 Å². The third kappa shape index (κ3) is 4.46. The Balaban J connectivity index is 1.97. The highest BCUT2D eigenvalue weighted by atomic mass is 79.9. The summed E-state index contributed by atoms with van der Waals surface area (Å²) in [4.78, 5) is 11.9. The van der Waals surface area contributed by atoms with E-state index in [9.17, 15) is 4.79 Å². The SMILES string of the molecule is Cc1c(Cl)cccc1NC(=O)COc1ccc(Br)cc1Br. The van der Waals surface area contributed by atoms with Gasteiger partial charge in [0.1, 0.15) is 5.75 Å². The number of carbonyl (C=O) groups is 1. The molecule has 0 spiro atoms. The van der Waals surface area contributed by atoms with Crippen molar-refractivity contribution in [1.82, 2.24) is 0 Å². The highest BCUT2D eigenvalue weighted by Gasteiger charge is 2.09. The summed E-state index contributed by atoms with van der Waals surface area (Å²) in [5, 5.41) is 3.39. The van der Waals surface area contributed by atoms with Gasteiger partial charge in [-0.2, -0.15) is 0 Å². The van der Waals surface area contributed by atoms with Gasteiger partial charge in [-0.25, -0.2) is 0 Å². The number of nitrogens with one attached hydrogen (secondary N) is 1. The zero-order chi connectivity index (χ0) is 15.4. The number of hydrogen-bond acceptors (Lipinski definition) is 2. The van der Waals surface area contributed by atoms with Crippen molar-refractivity contribution in [1.29, 1.82) is 0 Å². The van der Waals surface area contributed by atoms with E-state index in [2.05, 4.69) is 37.2 Å². The van der Waals surface area contributed by atoms with E-state index in [0.717, 1.165) is 14.5 Å². The summed E-state index contributed by atoms with van der Waals surface area (Å²) in [7, 11) is 0. The molecule has 0 radical (unpaired) electrons. The third-order valence-electron chi connectivity index (χ3n) is 2.79. The molecule has 1 amide bonds. The highest BCUT2D eigenvalue weighted by Crippen LogP contribution is 2.28. The van der Waals surface area contributed by atoms with Crippen LogP contribution in [0.3, 0.4) is 0 Å². The minimum atomic E-state index is -0.241. The molecule has 21 heavy (non-hydrogen) atoms. The molecule has 2 rings (SSSR count). The molecular weight excluding hydrogens is 421 g/mol. The van der Waals surface area contributed by atoms with Crippen LogP contribution in [0.5, 0.6) is 5.75 Å². The van der Waals surface area contributed by atoms with E-state index in [-0.39, 0.29) is 12.5 Å². The number of carbonyl (C=O) groups excluding carboxylic acids is 1. The molecule has 6 heteroatoms. The summed E-state index contributed by atoms with van der Waals surface area (Å²) in [6.07, 6.45) is 0. The van der Waals surface area contributed by atoms with Gasteiger partial charge < -0.3 is 10.1 Å². The molecule has 0 aliphatic carbocycles. The molecule has 0 heterocycles. The predicted octanol–water partition coefficient (Wildman–Crippen LogP) is 5.19. The predicted molar refractivity (Wildman–Crippen MR) is 92.2 cm³/mol. The maximum atomic E-state index is 11.9. The highest BCUT2D eigenvalue weighted by molar-refractivity contribution is 9.11. The number of ether oxygens (including phenoxy) is 1. The fraction of sp³-hybridized carbons (Fsp3) is 0.133. The molecule has 0 saturated heterocycles. The van der Waals surface area contributed by atoms with Crippen LogP contribution in [0.25, 0.3) is 0 Å². The summed E-state index contributed by atoms with van der Waals surface area (Å²) in [6.45, 7) is 1.77. The first-order chi connectivity index (χ1) is 9.97. The molecule has 0 aliphatic rings. The summed E-state index contributed by atoms with van der Waals surface area (Å²) in [5.41, 5.74) is 1.52. The molecule has 110 valence electrons. The van der Waals surface area contributed by atoms with Crippen molar-refractivity contribution in [3.8, 4) is 5.75 Å². The number of rotatable bonds is 4. The molecule has 2 aromatic rings. The van der Waals surface area contributed by atoms with Crippen LogP contribution >= 0.6 is 43.5 Å². The van der Waals surface area contributed by atoms with Gasteiger partial charge in [0.15, 0.2) is 6.61 Å². The molecule has 1 N–H and O–H groups in total. The normalized spacial score (nSPS) is 10.3. The number of halogens is 3. The second-order valence-corrected chi connectivity index (χ2v) is 6.50. The van der Waals surface area contributed by atoms with Gasteiger partial charge in [0, 0.05) is 15.2 Å². The standard InChI is InChI=1S/C15H12Br2ClNO2/c1-9-12(18)3-2-4-13(9)19-15(20)8-21-14-6-5-10(16)7-11(14)17/h2-7H,8H2,1H3,(H,19,20). The van der Waals surface area contributed by atoms with Gasteiger partial charge in [0.25, 0.3) is 5.91 Å². The lowest BCUT2D eigenvalue weighted by molar-refractivity contribution is -0.118. The van der Waals surface area contributed by atoms with Crippen LogP contribution in [0.1, 0.15) is 5.56 Å². The van der Waals surface area contributed by atoms with Crippen molar-refractivity contribution in [2.75, 3.05) is 11.9 Å². The number of benzene rings is 2. The van der Waals surface area contributed by atoms with E-state index in [1.54, 1.807) is 24.3 Å². The van der Waals surface area contributed by atoms with Crippen molar-refractivity contribution >= 4 is 55.1 Å². The minimum Gasteiger partial charge on any atom is -0.483 e. The van der Waals surface area contributed by atoms with Crippen molar-refractivity contribution in [3.63, 3.8) is 0 Å². The molecule has 0 fully saturated rings. The third-order valence-corrected chi connectivity index (χ3v) is 4.32. The summed E-state index contributed by atoms with van der Waals surface area (Å²) >= 11 is 12.8. The summed E-state index contributed by atoms with van der Waals surface area (Å²) in [6, 6.07) is 10.9. The molecule has 3 nitrogen and oxygen atoms in total. The van der Waals surface area contributed by atoms with Gasteiger partial charge in [0.2, 0.25) is 0 Å². The second kappa shape index (κ2) is 7.29. The lowest BCUT2D eigenvalue weighted by atomic mass is 10.2. The van der Waals surface area contributed by atoms with Gasteiger partial charge in [-0.1, -0.05) is 33.6 Å². The number of amides is 1. The molecule has 0 saturated carbocycles. The minimum absolute atomic E-state index is 0.0772. The van der Waals surface area contributed by atoms with Crippen molar-refractivity contribution in [2.24, 2.45) is 0 Å². The lowest BCUT2D eigenvalue weighted by Gasteiger charge is -2.11. The van der Waals surface area contributed by atoms with E-state index in [4.69, 9.17) is 16.3 Å². The number of hydrogen-bond donors (Lipinski definition) is 1. The summed E-state index contributed by atoms with van der Waals surface area (Å²) in [5.74, 6) is 0.367. The quantitative estimate of drug-likeness (QED) is 0.721. The second-order valence-electron chi connectivity index (χ2n) is 4.32. The smallest absolute Gasteiger partial charge is 0.262 e. The van der Waals surface area contributed by atoms with E-state index >= 15 is 0 Å². The summed E-state index contributed by atoms with van der Waals surface area (Å²) < 4.78 is 7.20. The Kier molecular flexibility index (Phi) is 5.67. The Morgan fingerprint density at radius 2 is 2.05 bits per heavy atom. The maximum Gasteiger partial charge on any atom is 0.262 e. The first-order valence-corrected chi connectivity index (χ1v) is 8.06. The fourth-order valence-electron chi connectivity index (χ4n) is 1.66. The van der Waals surface area contributed by atoms with E-state index in [1.807, 2.05) is 19.1 Å². The van der Waals surface area contributed by atoms with E-state index in [0.29, 0.717) is 16.5 Å².